The van der Waals surface area contributed by atoms with Crippen LogP contribution in [0.15, 0.2) is 36.4 Å². The maximum atomic E-state index is 6.00. The van der Waals surface area contributed by atoms with Gasteiger partial charge in [-0.25, -0.2) is 0 Å². The fourth-order valence-corrected chi connectivity index (χ4v) is 2.48. The number of aromatic nitrogens is 4. The van der Waals surface area contributed by atoms with Crippen molar-refractivity contribution < 1.29 is 0 Å². The number of hydrogen-bond donors (Lipinski definition) is 1. The zero-order valence-corrected chi connectivity index (χ0v) is 12.5. The number of aryl methyl sites for hydroxylation is 2. The molecule has 6 heteroatoms. The van der Waals surface area contributed by atoms with Crippen LogP contribution in [0.1, 0.15) is 11.1 Å². The van der Waals surface area contributed by atoms with Crippen molar-refractivity contribution in [2.24, 2.45) is 0 Å². The second-order valence-electron chi connectivity index (χ2n) is 4.92. The molecule has 3 rings (SSSR count). The minimum absolute atomic E-state index is 0.658. The zero-order chi connectivity index (χ0) is 15.0. The Labute approximate surface area is 127 Å². The molecule has 0 bridgehead atoms. The summed E-state index contributed by atoms with van der Waals surface area (Å²) in [5.74, 6) is 0.658. The number of nitrogens with zero attached hydrogens (tertiary/aromatic N) is 4. The average Bonchev–Trinajstić information content (AvgIpc) is 2.90. The molecule has 0 amide bonds. The molecule has 0 saturated carbocycles. The molecule has 0 spiro atoms. The molecule has 106 valence electrons. The van der Waals surface area contributed by atoms with Gasteiger partial charge in [-0.3, -0.25) is 0 Å². The van der Waals surface area contributed by atoms with E-state index >= 15 is 0 Å². The van der Waals surface area contributed by atoms with Crippen molar-refractivity contribution in [2.75, 3.05) is 5.73 Å². The molecule has 0 aliphatic carbocycles. The molecule has 2 aromatic carbocycles. The van der Waals surface area contributed by atoms with Gasteiger partial charge in [0.15, 0.2) is 5.82 Å². The van der Waals surface area contributed by atoms with Gasteiger partial charge >= 0.3 is 0 Å². The molecule has 3 aromatic rings. The molecule has 5 nitrogen and oxygen atoms in total. The molecule has 21 heavy (non-hydrogen) atoms. The first-order valence-electron chi connectivity index (χ1n) is 6.47. The van der Waals surface area contributed by atoms with Gasteiger partial charge in [-0.1, -0.05) is 17.7 Å². The number of hydrogen-bond acceptors (Lipinski definition) is 4. The number of benzene rings is 2. The van der Waals surface area contributed by atoms with Gasteiger partial charge in [-0.15, -0.1) is 5.10 Å². The summed E-state index contributed by atoms with van der Waals surface area (Å²) in [6, 6.07) is 11.3. The highest BCUT2D eigenvalue weighted by Crippen LogP contribution is 2.27. The normalized spacial score (nSPS) is 10.8. The summed E-state index contributed by atoms with van der Waals surface area (Å²) < 4.78 is 1.70. The third kappa shape index (κ3) is 2.48. The van der Waals surface area contributed by atoms with Crippen LogP contribution < -0.4 is 5.73 Å². The van der Waals surface area contributed by atoms with Crippen LogP contribution in [-0.4, -0.2) is 20.2 Å². The van der Waals surface area contributed by atoms with E-state index in [1.54, 1.807) is 4.68 Å². The van der Waals surface area contributed by atoms with Gasteiger partial charge in [0.1, 0.15) is 0 Å². The topological polar surface area (TPSA) is 69.6 Å². The molecule has 0 fully saturated rings. The Morgan fingerprint density at radius 2 is 1.86 bits per heavy atom. The molecule has 2 N–H and O–H groups in total. The predicted octanol–water partition coefficient (Wildman–Crippen LogP) is 3.18. The molecule has 1 heterocycles. The second-order valence-corrected chi connectivity index (χ2v) is 5.36. The third-order valence-corrected chi connectivity index (χ3v) is 3.59. The molecule has 0 saturated heterocycles. The Kier molecular flexibility index (Phi) is 3.35. The lowest BCUT2D eigenvalue weighted by Crippen LogP contribution is -2.03. The summed E-state index contributed by atoms with van der Waals surface area (Å²) in [5, 5.41) is 12.7. The summed E-state index contributed by atoms with van der Waals surface area (Å²) in [7, 11) is 0. The Hall–Kier alpha value is -2.40. The second kappa shape index (κ2) is 5.18. The lowest BCUT2D eigenvalue weighted by Gasteiger charge is -2.10. The van der Waals surface area contributed by atoms with E-state index in [2.05, 4.69) is 15.5 Å². The van der Waals surface area contributed by atoms with Gasteiger partial charge in [0.05, 0.1) is 5.69 Å². The van der Waals surface area contributed by atoms with Crippen molar-refractivity contribution in [3.8, 4) is 17.1 Å². The number of nitrogen functional groups attached to an aromatic ring is 1. The first-order valence-corrected chi connectivity index (χ1v) is 6.85. The van der Waals surface area contributed by atoms with E-state index in [0.717, 1.165) is 22.4 Å². The van der Waals surface area contributed by atoms with Gasteiger partial charge in [-0.2, -0.15) is 4.68 Å². The van der Waals surface area contributed by atoms with Crippen LogP contribution in [-0.2, 0) is 0 Å². The number of halogens is 1. The fraction of sp³-hybridized carbons (Fsp3) is 0.133. The van der Waals surface area contributed by atoms with E-state index in [0.29, 0.717) is 16.5 Å². The summed E-state index contributed by atoms with van der Waals surface area (Å²) in [6.45, 7) is 3.97. The Morgan fingerprint density at radius 1 is 1.05 bits per heavy atom. The van der Waals surface area contributed by atoms with Crippen molar-refractivity contribution in [2.45, 2.75) is 13.8 Å². The SMILES string of the molecule is Cc1ccc(N)cc1-c1nnnn1-c1ccc(Cl)cc1C. The Morgan fingerprint density at radius 3 is 2.62 bits per heavy atom. The van der Waals surface area contributed by atoms with Crippen molar-refractivity contribution in [1.29, 1.82) is 0 Å². The van der Waals surface area contributed by atoms with Crippen LogP contribution in [0.25, 0.3) is 17.1 Å². The summed E-state index contributed by atoms with van der Waals surface area (Å²) in [4.78, 5) is 0. The van der Waals surface area contributed by atoms with Crippen LogP contribution >= 0.6 is 11.6 Å². The first kappa shape index (κ1) is 13.6. The number of rotatable bonds is 2. The molecule has 0 radical (unpaired) electrons. The maximum Gasteiger partial charge on any atom is 0.187 e. The van der Waals surface area contributed by atoms with Crippen LogP contribution in [0, 0.1) is 13.8 Å². The molecule has 0 unspecified atom stereocenters. The smallest absolute Gasteiger partial charge is 0.187 e. The molecule has 1 aromatic heterocycles. The van der Waals surface area contributed by atoms with E-state index in [4.69, 9.17) is 17.3 Å². The quantitative estimate of drug-likeness (QED) is 0.738. The largest absolute Gasteiger partial charge is 0.399 e. The Balaban J connectivity index is 2.19. The maximum absolute atomic E-state index is 6.00. The Bertz CT molecular complexity index is 810. The fourth-order valence-electron chi connectivity index (χ4n) is 2.25. The van der Waals surface area contributed by atoms with Gasteiger partial charge in [0.25, 0.3) is 0 Å². The zero-order valence-electron chi connectivity index (χ0n) is 11.7. The molecular weight excluding hydrogens is 286 g/mol. The molecular formula is C15H14ClN5. The standard InChI is InChI=1S/C15H14ClN5/c1-9-3-5-12(17)8-13(9)15-18-19-20-21(15)14-6-4-11(16)7-10(14)2/h3-8H,17H2,1-2H3. The first-order chi connectivity index (χ1) is 10.1. The lowest BCUT2D eigenvalue weighted by atomic mass is 10.1. The van der Waals surface area contributed by atoms with Gasteiger partial charge in [0, 0.05) is 16.3 Å². The third-order valence-electron chi connectivity index (χ3n) is 3.36. The average molecular weight is 300 g/mol. The van der Waals surface area contributed by atoms with E-state index in [1.165, 1.54) is 0 Å². The monoisotopic (exact) mass is 299 g/mol. The molecule has 0 aliphatic rings. The van der Waals surface area contributed by atoms with E-state index < -0.39 is 0 Å². The summed E-state index contributed by atoms with van der Waals surface area (Å²) in [5.41, 5.74) is 10.4. The highest BCUT2D eigenvalue weighted by atomic mass is 35.5. The van der Waals surface area contributed by atoms with Crippen LogP contribution in [0.5, 0.6) is 0 Å². The highest BCUT2D eigenvalue weighted by molar-refractivity contribution is 6.30. The molecule has 0 atom stereocenters. The van der Waals surface area contributed by atoms with E-state index in [9.17, 15) is 0 Å². The van der Waals surface area contributed by atoms with E-state index in [-0.39, 0.29) is 0 Å². The van der Waals surface area contributed by atoms with Gasteiger partial charge < -0.3 is 5.73 Å². The van der Waals surface area contributed by atoms with Gasteiger partial charge in [-0.05, 0) is 65.7 Å². The van der Waals surface area contributed by atoms with Crippen LogP contribution in [0.2, 0.25) is 5.02 Å². The predicted molar refractivity (Wildman–Crippen MR) is 83.5 cm³/mol. The van der Waals surface area contributed by atoms with Crippen LogP contribution in [0.3, 0.4) is 0 Å². The van der Waals surface area contributed by atoms with Crippen molar-refractivity contribution in [3.63, 3.8) is 0 Å². The van der Waals surface area contributed by atoms with Crippen molar-refractivity contribution >= 4 is 17.3 Å². The van der Waals surface area contributed by atoms with E-state index in [1.807, 2.05) is 50.2 Å². The number of tetrazole rings is 1. The van der Waals surface area contributed by atoms with Crippen molar-refractivity contribution in [3.05, 3.63) is 52.5 Å². The lowest BCUT2D eigenvalue weighted by molar-refractivity contribution is 0.787. The minimum atomic E-state index is 0.658. The highest BCUT2D eigenvalue weighted by Gasteiger charge is 2.14. The summed E-state index contributed by atoms with van der Waals surface area (Å²) >= 11 is 6.00. The minimum Gasteiger partial charge on any atom is -0.399 e. The number of nitrogens with two attached hydrogens (primary N) is 1. The van der Waals surface area contributed by atoms with Gasteiger partial charge in [0.2, 0.25) is 0 Å². The summed E-state index contributed by atoms with van der Waals surface area (Å²) in [6.07, 6.45) is 0. The van der Waals surface area contributed by atoms with Crippen molar-refractivity contribution in [1.82, 2.24) is 20.2 Å². The number of anilines is 1. The van der Waals surface area contributed by atoms with Crippen LogP contribution in [0.4, 0.5) is 5.69 Å². The molecule has 0 aliphatic heterocycles.